The molecular formula is C90H78B3N5O3. The zero-order valence-electron chi connectivity index (χ0n) is 59.5. The van der Waals surface area contributed by atoms with Crippen molar-refractivity contribution in [2.45, 2.75) is 111 Å². The minimum atomic E-state index is -0.389. The molecule has 7 heterocycles. The second kappa shape index (κ2) is 21.6. The summed E-state index contributed by atoms with van der Waals surface area (Å²) in [5, 5.41) is 0. The summed E-state index contributed by atoms with van der Waals surface area (Å²) in [7, 11) is 0. The lowest BCUT2D eigenvalue weighted by Crippen LogP contribution is -2.70. The van der Waals surface area contributed by atoms with Crippen molar-refractivity contribution in [3.8, 4) is 11.5 Å². The highest BCUT2D eigenvalue weighted by atomic mass is 16.5. The van der Waals surface area contributed by atoms with E-state index in [0.29, 0.717) is 5.56 Å². The summed E-state index contributed by atoms with van der Waals surface area (Å²) in [4.78, 5) is 28.0. The molecule has 0 unspecified atom stereocenters. The smallest absolute Gasteiger partial charge is 0.338 e. The minimum Gasteiger partial charge on any atom is -0.457 e. The highest BCUT2D eigenvalue weighted by molar-refractivity contribution is 7.06. The Hall–Kier alpha value is -10.9. The van der Waals surface area contributed by atoms with Gasteiger partial charge in [-0.25, -0.2) is 4.79 Å². The summed E-state index contributed by atoms with van der Waals surface area (Å²) < 4.78 is 14.4. The van der Waals surface area contributed by atoms with E-state index in [1.54, 1.807) is 0 Å². The number of hydrogen-bond acceptors (Lipinski definition) is 8. The molecule has 0 aromatic heterocycles. The van der Waals surface area contributed by atoms with E-state index in [4.69, 9.17) is 9.47 Å². The lowest BCUT2D eigenvalue weighted by atomic mass is 9.27. The third kappa shape index (κ3) is 9.00. The van der Waals surface area contributed by atoms with Gasteiger partial charge in [0, 0.05) is 85.1 Å². The molecule has 19 rings (SSSR count). The van der Waals surface area contributed by atoms with Gasteiger partial charge in [-0.15, -0.1) is 0 Å². The van der Waals surface area contributed by atoms with Crippen molar-refractivity contribution in [3.05, 3.63) is 276 Å². The average Bonchev–Trinajstić information content (AvgIpc) is 0.657. The van der Waals surface area contributed by atoms with Crippen LogP contribution >= 0.6 is 0 Å². The number of anilines is 15. The molecule has 7 aliphatic rings. The summed E-state index contributed by atoms with van der Waals surface area (Å²) in [6, 6.07) is 89.8. The van der Waals surface area contributed by atoms with E-state index >= 15 is 4.79 Å². The largest absolute Gasteiger partial charge is 0.457 e. The van der Waals surface area contributed by atoms with E-state index in [9.17, 15) is 0 Å². The molecule has 0 radical (unpaired) electrons. The van der Waals surface area contributed by atoms with Crippen LogP contribution in [0.15, 0.2) is 243 Å². The zero-order valence-corrected chi connectivity index (χ0v) is 59.5. The molecule has 11 heteroatoms. The first-order valence-electron chi connectivity index (χ1n) is 35.9. The third-order valence-corrected chi connectivity index (χ3v) is 22.4. The highest BCUT2D eigenvalue weighted by Gasteiger charge is 2.57. The predicted molar refractivity (Wildman–Crippen MR) is 424 cm³/mol. The van der Waals surface area contributed by atoms with Crippen LogP contribution in [0.4, 0.5) is 85.3 Å². The van der Waals surface area contributed by atoms with E-state index in [0.717, 1.165) is 96.5 Å². The molecule has 0 saturated carbocycles. The average molecular weight is 1310 g/mol. The lowest BCUT2D eigenvalue weighted by Gasteiger charge is -2.53. The number of fused-ring (bicyclic) bond motifs is 10. The molecule has 0 amide bonds. The first-order chi connectivity index (χ1) is 48.6. The van der Waals surface area contributed by atoms with E-state index < -0.39 is 0 Å². The number of benzene rings is 12. The number of para-hydroxylation sites is 4. The fourth-order valence-electron chi connectivity index (χ4n) is 17.7. The summed E-state index contributed by atoms with van der Waals surface area (Å²) in [5.74, 6) is 1.47. The van der Waals surface area contributed by atoms with Crippen LogP contribution < -0.4 is 78.4 Å². The topological polar surface area (TPSA) is 51.7 Å². The Kier molecular flexibility index (Phi) is 13.1. The Balaban J connectivity index is 0.959. The van der Waals surface area contributed by atoms with E-state index in [1.165, 1.54) is 77.3 Å². The molecule has 12 aromatic carbocycles. The molecule has 0 spiro atoms. The summed E-state index contributed by atoms with van der Waals surface area (Å²) >= 11 is 0. The number of hydrogen-bond donors (Lipinski definition) is 0. The molecular weight excluding hydrogens is 1230 g/mol. The van der Waals surface area contributed by atoms with Gasteiger partial charge in [0.05, 0.1) is 16.9 Å². The monoisotopic (exact) mass is 1310 g/mol. The standard InChI is InChI=1S/C90H78B3N5O3/c1-87(2,3)56-38-42-64-70(48-56)95(59-32-22-15-23-33-59)76-52-77-80-83-79(76)91(64)66-44-40-62(89(7,8)9)84-81(66)98(83)82-67(45-41-63(85(82)101-84)90(10,11)12)93(80)69-50-68-72(51-73(69)97(77)61-36-26-17-27-37-61)96(60-34-24-16-25-35-60)75-47-55(86(99)100-53-54-28-18-13-19-29-54)46-74-78(75)92(68)65-43-39-57(88(4,5)6)49-71(65)94(74)58-30-20-14-21-31-58/h13-52H,53H2,1-12H3. The van der Waals surface area contributed by atoms with Gasteiger partial charge in [-0.2, -0.15) is 0 Å². The van der Waals surface area contributed by atoms with Crippen molar-refractivity contribution in [1.82, 2.24) is 0 Å². The lowest BCUT2D eigenvalue weighted by molar-refractivity contribution is 0.0472. The summed E-state index contributed by atoms with van der Waals surface area (Å²) in [6.07, 6.45) is 0. The SMILES string of the molecule is CC(C)(C)c1ccc2c(c1)N(c1ccccc1)c1cc(C(=O)OCc3ccccc3)cc3c1B2c1cc2c(cc1N3c1ccccc1)N(c1ccccc1)c1cc3c4c5c1B2c1ccc(C(C)(C)C)c2c1N5c1c(ccc(C(C)(C)C)c1O2)B4c1ccc(C(C)(C)C)cc1N3c1ccccc1. The number of carbonyl (C=O) groups excluding carboxylic acids is 1. The Morgan fingerprint density at radius 2 is 0.673 bits per heavy atom. The Labute approximate surface area is 594 Å². The number of esters is 1. The van der Waals surface area contributed by atoms with Crippen molar-refractivity contribution < 1.29 is 14.3 Å². The van der Waals surface area contributed by atoms with Crippen molar-refractivity contribution in [2.75, 3.05) is 24.5 Å². The van der Waals surface area contributed by atoms with Crippen molar-refractivity contribution >= 4 is 161 Å². The number of rotatable bonds is 7. The van der Waals surface area contributed by atoms with Gasteiger partial charge >= 0.3 is 5.97 Å². The molecule has 0 fully saturated rings. The molecule has 490 valence electrons. The maximum atomic E-state index is 15.3. The normalized spacial score (nSPS) is 14.5. The van der Waals surface area contributed by atoms with E-state index in [2.05, 4.69) is 320 Å². The fourth-order valence-corrected chi connectivity index (χ4v) is 17.7. The van der Waals surface area contributed by atoms with Gasteiger partial charge in [0.2, 0.25) is 0 Å². The fraction of sp³-hybridized carbons (Fsp3) is 0.189. The van der Waals surface area contributed by atoms with Crippen LogP contribution in [-0.2, 0) is 33.0 Å². The van der Waals surface area contributed by atoms with Crippen LogP contribution in [0.2, 0.25) is 0 Å². The molecule has 0 saturated heterocycles. The van der Waals surface area contributed by atoms with E-state index in [1.807, 2.05) is 30.3 Å². The second-order valence-corrected chi connectivity index (χ2v) is 32.8. The Morgan fingerprint density at radius 1 is 0.327 bits per heavy atom. The maximum Gasteiger partial charge on any atom is 0.338 e. The maximum absolute atomic E-state index is 15.3. The number of nitrogens with zero attached hydrogens (tertiary/aromatic N) is 5. The van der Waals surface area contributed by atoms with Gasteiger partial charge in [-0.1, -0.05) is 241 Å². The van der Waals surface area contributed by atoms with E-state index in [-0.39, 0.29) is 54.4 Å². The van der Waals surface area contributed by atoms with Crippen LogP contribution in [0, 0.1) is 0 Å². The molecule has 0 atom stereocenters. The van der Waals surface area contributed by atoms with Crippen LogP contribution in [0.5, 0.6) is 11.5 Å². The molecule has 0 bridgehead atoms. The molecule has 0 N–H and O–H groups in total. The Bertz CT molecular complexity index is 5500. The van der Waals surface area contributed by atoms with Gasteiger partial charge in [0.25, 0.3) is 20.1 Å². The summed E-state index contributed by atoms with van der Waals surface area (Å²) in [5.41, 5.74) is 32.5. The third-order valence-electron chi connectivity index (χ3n) is 22.4. The summed E-state index contributed by atoms with van der Waals surface area (Å²) in [6.45, 7) is 27.3. The Morgan fingerprint density at radius 3 is 1.07 bits per heavy atom. The molecule has 7 aliphatic heterocycles. The van der Waals surface area contributed by atoms with Crippen molar-refractivity contribution in [2.24, 2.45) is 0 Å². The number of carbonyl (C=O) groups is 1. The first-order valence-corrected chi connectivity index (χ1v) is 35.9. The number of ether oxygens (including phenoxy) is 2. The van der Waals surface area contributed by atoms with Gasteiger partial charge in [0.1, 0.15) is 6.61 Å². The highest BCUT2D eigenvalue weighted by Crippen LogP contribution is 2.60. The van der Waals surface area contributed by atoms with Gasteiger partial charge in [-0.05, 0) is 172 Å². The molecule has 101 heavy (non-hydrogen) atoms. The van der Waals surface area contributed by atoms with Crippen LogP contribution in [0.1, 0.15) is 121 Å². The van der Waals surface area contributed by atoms with Crippen LogP contribution in [-0.4, -0.2) is 26.1 Å². The quantitative estimate of drug-likeness (QED) is 0.116. The predicted octanol–water partition coefficient (Wildman–Crippen LogP) is 17.1. The zero-order chi connectivity index (χ0) is 69.1. The molecule has 0 aliphatic carbocycles. The van der Waals surface area contributed by atoms with Gasteiger partial charge in [-0.3, -0.25) is 0 Å². The molecule has 12 aromatic rings. The van der Waals surface area contributed by atoms with Crippen molar-refractivity contribution in [1.29, 1.82) is 0 Å². The first kappa shape index (κ1) is 61.2. The van der Waals surface area contributed by atoms with Gasteiger partial charge < -0.3 is 34.0 Å². The van der Waals surface area contributed by atoms with Gasteiger partial charge in [0.15, 0.2) is 11.5 Å². The van der Waals surface area contributed by atoms with Crippen molar-refractivity contribution in [3.63, 3.8) is 0 Å². The van der Waals surface area contributed by atoms with Crippen LogP contribution in [0.25, 0.3) is 0 Å². The molecule has 8 nitrogen and oxygen atoms in total. The second-order valence-electron chi connectivity index (χ2n) is 32.8. The minimum absolute atomic E-state index is 0.130. The van der Waals surface area contributed by atoms with Crippen LogP contribution in [0.3, 0.4) is 0 Å².